The molecule has 0 spiro atoms. The first kappa shape index (κ1) is 21.1. The lowest BCUT2D eigenvalue weighted by molar-refractivity contribution is -0.125. The van der Waals surface area contributed by atoms with Crippen molar-refractivity contribution >= 4 is 22.3 Å². The zero-order valence-electron chi connectivity index (χ0n) is 18.3. The Morgan fingerprint density at radius 2 is 2.03 bits per heavy atom. The number of halogens is 1. The minimum atomic E-state index is -0.251. The Labute approximate surface area is 188 Å². The number of aromatic nitrogens is 1. The van der Waals surface area contributed by atoms with Crippen LogP contribution in [0.4, 0.5) is 4.39 Å². The first-order valence-corrected chi connectivity index (χ1v) is 11.7. The summed E-state index contributed by atoms with van der Waals surface area (Å²) in [6.07, 6.45) is 11.7. The molecule has 3 aromatic rings. The number of nitrogens with zero attached hydrogens (tertiary/aromatic N) is 2. The third-order valence-electron chi connectivity index (χ3n) is 7.01. The summed E-state index contributed by atoms with van der Waals surface area (Å²) >= 11 is 0. The van der Waals surface area contributed by atoms with Crippen LogP contribution in [-0.2, 0) is 4.79 Å². The highest BCUT2D eigenvalue weighted by atomic mass is 19.1. The van der Waals surface area contributed by atoms with Crippen molar-refractivity contribution in [3.8, 4) is 0 Å². The normalized spacial score (nSPS) is 18.7. The number of hydrogen-bond donors (Lipinski definition) is 0. The molecule has 0 radical (unpaired) electrons. The highest BCUT2D eigenvalue weighted by Crippen LogP contribution is 2.34. The van der Waals surface area contributed by atoms with Gasteiger partial charge < -0.3 is 4.42 Å². The summed E-state index contributed by atoms with van der Waals surface area (Å²) in [7, 11) is 0. The Kier molecular flexibility index (Phi) is 6.17. The average molecular weight is 433 g/mol. The lowest BCUT2D eigenvalue weighted by Gasteiger charge is -2.26. The molecule has 1 aliphatic carbocycles. The fourth-order valence-electron chi connectivity index (χ4n) is 5.27. The molecule has 0 saturated heterocycles. The maximum Gasteiger partial charge on any atom is 0.145 e. The van der Waals surface area contributed by atoms with E-state index in [4.69, 9.17) is 4.42 Å². The van der Waals surface area contributed by atoms with E-state index in [9.17, 15) is 9.18 Å². The maximum absolute atomic E-state index is 14.7. The Balaban J connectivity index is 1.29. The minimum Gasteiger partial charge on any atom is -0.464 e. The average Bonchev–Trinajstić information content (AvgIpc) is 3.50. The largest absolute Gasteiger partial charge is 0.464 e. The standard InChI is InChI=1S/C27H29FN2O2/c28-23-10-9-20-13-17-32-27(20)25(23)21-11-15-30(18-21)16-12-22(24-8-4-5-14-29-24)26(31)19-6-2-1-3-7-19/h4-5,8-11,13-14,17,19,22H,1-3,6-7,12,15-16,18H2. The number of hydrogen-bond acceptors (Lipinski definition) is 4. The molecule has 0 amide bonds. The number of pyridine rings is 1. The molecule has 1 fully saturated rings. The summed E-state index contributed by atoms with van der Waals surface area (Å²) < 4.78 is 20.2. The van der Waals surface area contributed by atoms with E-state index in [2.05, 4.69) is 16.0 Å². The fraction of sp³-hybridized carbons (Fsp3) is 0.407. The highest BCUT2D eigenvalue weighted by molar-refractivity contribution is 5.91. The van der Waals surface area contributed by atoms with Crippen molar-refractivity contribution in [2.75, 3.05) is 19.6 Å². The van der Waals surface area contributed by atoms with Crippen LogP contribution in [-0.4, -0.2) is 35.3 Å². The maximum atomic E-state index is 14.7. The van der Waals surface area contributed by atoms with Gasteiger partial charge in [0.05, 0.1) is 23.4 Å². The van der Waals surface area contributed by atoms with E-state index in [0.29, 0.717) is 23.5 Å². The topological polar surface area (TPSA) is 46.3 Å². The number of rotatable bonds is 7. The SMILES string of the molecule is O=C(C1CCCCC1)C(CCN1CC=C(c2c(F)ccc3ccoc23)C1)c1ccccn1. The van der Waals surface area contributed by atoms with Crippen molar-refractivity contribution in [2.24, 2.45) is 5.92 Å². The van der Waals surface area contributed by atoms with E-state index in [1.165, 1.54) is 12.5 Å². The summed E-state index contributed by atoms with van der Waals surface area (Å²) in [5, 5.41) is 0.911. The van der Waals surface area contributed by atoms with E-state index in [1.807, 2.05) is 24.3 Å². The lowest BCUT2D eigenvalue weighted by atomic mass is 9.79. The molecule has 0 bridgehead atoms. The number of carbonyl (C=O) groups is 1. The van der Waals surface area contributed by atoms with E-state index < -0.39 is 0 Å². The Morgan fingerprint density at radius 3 is 2.84 bits per heavy atom. The van der Waals surface area contributed by atoms with E-state index >= 15 is 0 Å². The second kappa shape index (κ2) is 9.37. The van der Waals surface area contributed by atoms with Gasteiger partial charge in [-0.25, -0.2) is 4.39 Å². The van der Waals surface area contributed by atoms with Gasteiger partial charge in [0.1, 0.15) is 17.2 Å². The number of furan rings is 1. The summed E-state index contributed by atoms with van der Waals surface area (Å²) in [5.41, 5.74) is 3.00. The van der Waals surface area contributed by atoms with Crippen LogP contribution < -0.4 is 0 Å². The summed E-state index contributed by atoms with van der Waals surface area (Å²) in [5.74, 6) is 0.0869. The third-order valence-corrected chi connectivity index (χ3v) is 7.01. The molecule has 1 saturated carbocycles. The Bertz CT molecular complexity index is 1120. The van der Waals surface area contributed by atoms with Gasteiger partial charge in [-0.15, -0.1) is 0 Å². The van der Waals surface area contributed by atoms with Crippen LogP contribution in [0.5, 0.6) is 0 Å². The predicted molar refractivity (Wildman–Crippen MR) is 124 cm³/mol. The highest BCUT2D eigenvalue weighted by Gasteiger charge is 2.31. The molecule has 1 unspecified atom stereocenters. The van der Waals surface area contributed by atoms with Gasteiger partial charge in [0.25, 0.3) is 0 Å². The number of carbonyl (C=O) groups excluding carboxylic acids is 1. The number of ketones is 1. The van der Waals surface area contributed by atoms with Crippen LogP contribution in [0.1, 0.15) is 55.7 Å². The van der Waals surface area contributed by atoms with Crippen molar-refractivity contribution in [3.05, 3.63) is 72.0 Å². The molecule has 5 rings (SSSR count). The van der Waals surface area contributed by atoms with Crippen LogP contribution in [0.15, 0.2) is 59.4 Å². The second-order valence-electron chi connectivity index (χ2n) is 9.06. The molecule has 166 valence electrons. The minimum absolute atomic E-state index is 0.161. The first-order chi connectivity index (χ1) is 15.7. The molecule has 0 N–H and O–H groups in total. The Hall–Kier alpha value is -2.79. The molecule has 1 aromatic carbocycles. The summed E-state index contributed by atoms with van der Waals surface area (Å²) in [6, 6.07) is 11.0. The predicted octanol–water partition coefficient (Wildman–Crippen LogP) is 5.99. The molecule has 1 aliphatic heterocycles. The van der Waals surface area contributed by atoms with Crippen molar-refractivity contribution < 1.29 is 13.6 Å². The van der Waals surface area contributed by atoms with Crippen LogP contribution >= 0.6 is 0 Å². The van der Waals surface area contributed by atoms with Gasteiger partial charge in [0.2, 0.25) is 0 Å². The second-order valence-corrected chi connectivity index (χ2v) is 9.06. The van der Waals surface area contributed by atoms with E-state index in [-0.39, 0.29) is 17.7 Å². The van der Waals surface area contributed by atoms with E-state index in [0.717, 1.165) is 61.8 Å². The summed E-state index contributed by atoms with van der Waals surface area (Å²) in [4.78, 5) is 20.2. The molecular weight excluding hydrogens is 403 g/mol. The van der Waals surface area contributed by atoms with Gasteiger partial charge in [-0.1, -0.05) is 31.4 Å². The van der Waals surface area contributed by atoms with Gasteiger partial charge in [-0.05, 0) is 61.7 Å². The summed E-state index contributed by atoms with van der Waals surface area (Å²) in [6.45, 7) is 2.18. The zero-order valence-corrected chi connectivity index (χ0v) is 18.3. The molecule has 5 heteroatoms. The molecule has 2 aliphatic rings. The smallest absolute Gasteiger partial charge is 0.145 e. The van der Waals surface area contributed by atoms with Gasteiger partial charge in [-0.3, -0.25) is 14.7 Å². The zero-order chi connectivity index (χ0) is 21.9. The van der Waals surface area contributed by atoms with Gasteiger partial charge in [0.15, 0.2) is 0 Å². The number of Topliss-reactive ketones (excluding diaryl/α,β-unsaturated/α-hetero) is 1. The Morgan fingerprint density at radius 1 is 1.16 bits per heavy atom. The van der Waals surface area contributed by atoms with Gasteiger partial charge >= 0.3 is 0 Å². The van der Waals surface area contributed by atoms with Crippen LogP contribution in [0, 0.1) is 11.7 Å². The van der Waals surface area contributed by atoms with Crippen molar-refractivity contribution in [3.63, 3.8) is 0 Å². The van der Waals surface area contributed by atoms with Crippen LogP contribution in [0.2, 0.25) is 0 Å². The van der Waals surface area contributed by atoms with E-state index in [1.54, 1.807) is 18.5 Å². The fourth-order valence-corrected chi connectivity index (χ4v) is 5.27. The lowest BCUT2D eigenvalue weighted by Crippen LogP contribution is -2.29. The molecule has 2 aromatic heterocycles. The van der Waals surface area contributed by atoms with Crippen LogP contribution in [0.25, 0.3) is 16.5 Å². The van der Waals surface area contributed by atoms with Crippen LogP contribution in [0.3, 0.4) is 0 Å². The quantitative estimate of drug-likeness (QED) is 0.460. The molecular formula is C27H29FN2O2. The first-order valence-electron chi connectivity index (χ1n) is 11.7. The molecule has 4 nitrogen and oxygen atoms in total. The molecule has 3 heterocycles. The third kappa shape index (κ3) is 4.26. The van der Waals surface area contributed by atoms with Crippen molar-refractivity contribution in [2.45, 2.75) is 44.4 Å². The van der Waals surface area contributed by atoms with Crippen molar-refractivity contribution in [1.29, 1.82) is 0 Å². The van der Waals surface area contributed by atoms with Gasteiger partial charge in [-0.2, -0.15) is 0 Å². The number of fused-ring (bicyclic) bond motifs is 1. The van der Waals surface area contributed by atoms with Crippen molar-refractivity contribution in [1.82, 2.24) is 9.88 Å². The van der Waals surface area contributed by atoms with Gasteiger partial charge in [0, 0.05) is 30.6 Å². The molecule has 1 atom stereocenters. The number of benzene rings is 1. The molecule has 32 heavy (non-hydrogen) atoms. The monoisotopic (exact) mass is 432 g/mol.